The first kappa shape index (κ1) is 31.0. The summed E-state index contributed by atoms with van der Waals surface area (Å²) in [6.45, 7) is 1.10. The van der Waals surface area contributed by atoms with Crippen molar-refractivity contribution in [1.82, 2.24) is 10.3 Å². The smallest absolute Gasteiger partial charge is 0.269 e. The van der Waals surface area contributed by atoms with E-state index < -0.39 is 4.92 Å². The van der Waals surface area contributed by atoms with Gasteiger partial charge in [0, 0.05) is 36.3 Å². The summed E-state index contributed by atoms with van der Waals surface area (Å²) in [5, 5.41) is 22.6. The number of thiocarbonyl (C=S) groups is 2. The van der Waals surface area contributed by atoms with Gasteiger partial charge in [0.1, 0.15) is 5.82 Å². The van der Waals surface area contributed by atoms with Crippen LogP contribution in [0.15, 0.2) is 109 Å². The van der Waals surface area contributed by atoms with Crippen LogP contribution < -0.4 is 15.6 Å². The lowest BCUT2D eigenvalue weighted by molar-refractivity contribution is -0.384. The van der Waals surface area contributed by atoms with Crippen LogP contribution in [0.5, 0.6) is 0 Å². The number of halogens is 1. The number of anilines is 2. The Morgan fingerprint density at radius 2 is 1.45 bits per heavy atom. The van der Waals surface area contributed by atoms with Gasteiger partial charge >= 0.3 is 0 Å². The first-order valence-electron chi connectivity index (χ1n) is 14.6. The summed E-state index contributed by atoms with van der Waals surface area (Å²) < 4.78 is 13.6. The third-order valence-electron chi connectivity index (χ3n) is 8.05. The van der Waals surface area contributed by atoms with Crippen LogP contribution in [0.25, 0.3) is 0 Å². The van der Waals surface area contributed by atoms with Gasteiger partial charge in [0.15, 0.2) is 10.2 Å². The fourth-order valence-corrected chi connectivity index (χ4v) is 6.27. The maximum absolute atomic E-state index is 13.6. The second-order valence-electron chi connectivity index (χ2n) is 10.9. The van der Waals surface area contributed by atoms with Crippen molar-refractivity contribution in [2.45, 2.75) is 37.5 Å². The molecule has 0 amide bonds. The Balaban J connectivity index is 1.44. The molecule has 0 heterocycles. The largest absolute Gasteiger partial charge is 0.360 e. The van der Waals surface area contributed by atoms with Gasteiger partial charge in [0.25, 0.3) is 5.69 Å². The molecule has 0 aromatic heterocycles. The van der Waals surface area contributed by atoms with E-state index >= 15 is 0 Å². The highest BCUT2D eigenvalue weighted by Gasteiger charge is 2.36. The van der Waals surface area contributed by atoms with Gasteiger partial charge in [-0.1, -0.05) is 73.5 Å². The van der Waals surface area contributed by atoms with Gasteiger partial charge in [-0.25, -0.2) is 9.40 Å². The molecule has 0 atom stereocenters. The van der Waals surface area contributed by atoms with E-state index in [1.165, 1.54) is 42.7 Å². The number of benzene rings is 4. The van der Waals surface area contributed by atoms with Gasteiger partial charge in [0.2, 0.25) is 0 Å². The number of nitro benzene ring substituents is 1. The number of nitrogens with one attached hydrogen (secondary N) is 2. The quantitative estimate of drug-likeness (QED) is 0.111. The fourth-order valence-electron chi connectivity index (χ4n) is 5.70. The molecule has 1 saturated carbocycles. The highest BCUT2D eigenvalue weighted by molar-refractivity contribution is 7.81. The SMILES string of the molecule is O=[N+]([O-])c1ccc(NC(=S)N(CCc2ccc(F)cc2)N(C(=S)NCC2(c3ccccc3)CCCC2)c2ccccc2)cc1. The number of nitro groups is 1. The average Bonchev–Trinajstić information content (AvgIpc) is 3.54. The zero-order valence-corrected chi connectivity index (χ0v) is 25.8. The van der Waals surface area contributed by atoms with Crippen molar-refractivity contribution < 1.29 is 9.31 Å². The molecule has 1 aliphatic rings. The molecule has 4 aromatic carbocycles. The third-order valence-corrected chi connectivity index (χ3v) is 8.68. The predicted molar refractivity (Wildman–Crippen MR) is 182 cm³/mol. The zero-order valence-electron chi connectivity index (χ0n) is 24.2. The van der Waals surface area contributed by atoms with Gasteiger partial charge < -0.3 is 10.6 Å². The normalized spacial score (nSPS) is 13.6. The van der Waals surface area contributed by atoms with E-state index in [-0.39, 0.29) is 16.9 Å². The molecule has 10 heteroatoms. The minimum absolute atomic E-state index is 0.00909. The Labute approximate surface area is 267 Å². The summed E-state index contributed by atoms with van der Waals surface area (Å²) in [7, 11) is 0. The van der Waals surface area contributed by atoms with Crippen molar-refractivity contribution in [1.29, 1.82) is 0 Å². The van der Waals surface area contributed by atoms with E-state index in [0.717, 1.165) is 24.1 Å². The van der Waals surface area contributed by atoms with Crippen LogP contribution in [0, 0.1) is 15.9 Å². The maximum atomic E-state index is 13.6. The van der Waals surface area contributed by atoms with Crippen LogP contribution >= 0.6 is 24.4 Å². The van der Waals surface area contributed by atoms with Crippen molar-refractivity contribution in [2.24, 2.45) is 0 Å². The summed E-state index contributed by atoms with van der Waals surface area (Å²) in [5.41, 5.74) is 3.64. The van der Waals surface area contributed by atoms with Crippen LogP contribution in [0.3, 0.4) is 0 Å². The van der Waals surface area contributed by atoms with Crippen LogP contribution in [0.2, 0.25) is 0 Å². The van der Waals surface area contributed by atoms with E-state index in [1.807, 2.05) is 46.4 Å². The lowest BCUT2D eigenvalue weighted by Crippen LogP contribution is -2.56. The molecule has 5 rings (SSSR count). The summed E-state index contributed by atoms with van der Waals surface area (Å²) >= 11 is 12.1. The number of nitrogens with zero attached hydrogens (tertiary/aromatic N) is 3. The fraction of sp³-hybridized carbons (Fsp3) is 0.235. The number of rotatable bonds is 9. The molecule has 0 bridgehead atoms. The molecule has 7 nitrogen and oxygen atoms in total. The number of hydrogen-bond donors (Lipinski definition) is 2. The van der Waals surface area contributed by atoms with Crippen LogP contribution in [0.4, 0.5) is 21.5 Å². The first-order valence-corrected chi connectivity index (χ1v) is 15.4. The van der Waals surface area contributed by atoms with E-state index in [9.17, 15) is 14.5 Å². The molecule has 4 aromatic rings. The zero-order chi connectivity index (χ0) is 30.9. The molecule has 2 N–H and O–H groups in total. The lowest BCUT2D eigenvalue weighted by Gasteiger charge is -2.40. The highest BCUT2D eigenvalue weighted by Crippen LogP contribution is 2.40. The molecule has 0 saturated heterocycles. The standard InChI is InChI=1S/C34H34FN5O2S2/c35-28-15-13-26(14-16-28)21-24-38(33(44)37-29-17-19-31(20-18-29)40(41)42)39(30-11-5-2-6-12-30)32(43)36-25-34(22-7-8-23-34)27-9-3-1-4-10-27/h1-6,9-20H,7-8,21-25H2,(H,36,43)(H,37,44). The van der Waals surface area contributed by atoms with Crippen molar-refractivity contribution in [2.75, 3.05) is 23.4 Å². The second kappa shape index (κ2) is 14.4. The third kappa shape index (κ3) is 7.56. The summed E-state index contributed by atoms with van der Waals surface area (Å²) in [5.74, 6) is -0.295. The predicted octanol–water partition coefficient (Wildman–Crippen LogP) is 7.78. The molecular weight excluding hydrogens is 594 g/mol. The van der Waals surface area contributed by atoms with Crippen molar-refractivity contribution >= 4 is 51.7 Å². The van der Waals surface area contributed by atoms with E-state index in [1.54, 1.807) is 24.3 Å². The lowest BCUT2D eigenvalue weighted by atomic mass is 9.79. The van der Waals surface area contributed by atoms with E-state index in [0.29, 0.717) is 35.4 Å². The van der Waals surface area contributed by atoms with E-state index in [2.05, 4.69) is 34.9 Å². The van der Waals surface area contributed by atoms with Crippen molar-refractivity contribution in [3.63, 3.8) is 0 Å². The molecule has 44 heavy (non-hydrogen) atoms. The number of hydrazine groups is 1. The van der Waals surface area contributed by atoms with Crippen molar-refractivity contribution in [3.05, 3.63) is 136 Å². The Morgan fingerprint density at radius 1 is 0.841 bits per heavy atom. The molecular formula is C34H34FN5O2S2. The molecule has 0 radical (unpaired) electrons. The molecule has 0 aliphatic heterocycles. The monoisotopic (exact) mass is 627 g/mol. The van der Waals surface area contributed by atoms with Crippen LogP contribution in [0.1, 0.15) is 36.8 Å². The Morgan fingerprint density at radius 3 is 2.07 bits per heavy atom. The number of para-hydroxylation sites is 1. The minimum Gasteiger partial charge on any atom is -0.360 e. The molecule has 1 fully saturated rings. The van der Waals surface area contributed by atoms with Gasteiger partial charge in [-0.3, -0.25) is 15.1 Å². The van der Waals surface area contributed by atoms with Gasteiger partial charge in [-0.05, 0) is 91.2 Å². The Bertz CT molecular complexity index is 1570. The summed E-state index contributed by atoms with van der Waals surface area (Å²) in [6, 6.07) is 32.9. The topological polar surface area (TPSA) is 73.7 Å². The highest BCUT2D eigenvalue weighted by atomic mass is 32.1. The minimum atomic E-state index is -0.440. The molecule has 226 valence electrons. The maximum Gasteiger partial charge on any atom is 0.269 e. The summed E-state index contributed by atoms with van der Waals surface area (Å²) in [6.07, 6.45) is 5.04. The van der Waals surface area contributed by atoms with Gasteiger partial charge in [-0.15, -0.1) is 0 Å². The number of hydrogen-bond acceptors (Lipinski definition) is 4. The van der Waals surface area contributed by atoms with Crippen molar-refractivity contribution in [3.8, 4) is 0 Å². The van der Waals surface area contributed by atoms with Crippen LogP contribution in [-0.2, 0) is 11.8 Å². The average molecular weight is 628 g/mol. The summed E-state index contributed by atoms with van der Waals surface area (Å²) in [4.78, 5) is 10.7. The second-order valence-corrected chi connectivity index (χ2v) is 11.7. The number of non-ortho nitro benzene ring substituents is 1. The molecule has 0 unspecified atom stereocenters. The van der Waals surface area contributed by atoms with Crippen LogP contribution in [-0.4, -0.2) is 33.2 Å². The first-order chi connectivity index (χ1) is 21.3. The molecule has 0 spiro atoms. The molecule has 1 aliphatic carbocycles. The van der Waals surface area contributed by atoms with Gasteiger partial charge in [-0.2, -0.15) is 0 Å². The Kier molecular flexibility index (Phi) is 10.1. The Hall–Kier alpha value is -4.41. The van der Waals surface area contributed by atoms with E-state index in [4.69, 9.17) is 24.4 Å². The van der Waals surface area contributed by atoms with Gasteiger partial charge in [0.05, 0.1) is 10.6 Å².